The van der Waals surface area contributed by atoms with E-state index in [0.29, 0.717) is 18.2 Å². The maximum Gasteiger partial charge on any atom is 0.251 e. The summed E-state index contributed by atoms with van der Waals surface area (Å²) in [5.41, 5.74) is 0. The van der Waals surface area contributed by atoms with Gasteiger partial charge in [0.2, 0.25) is 5.91 Å². The Morgan fingerprint density at radius 1 is 1.26 bits per heavy atom. The number of anilines is 2. The zero-order chi connectivity index (χ0) is 19.3. The molecule has 0 aliphatic heterocycles. The molecule has 1 amide bonds. The molecule has 142 valence electrons. The van der Waals surface area contributed by atoms with Crippen LogP contribution in [0.15, 0.2) is 41.0 Å². The number of rotatable bonds is 8. The molecule has 3 aromatic heterocycles. The topological polar surface area (TPSA) is 144 Å². The number of carbonyl (C=O) groups is 1. The van der Waals surface area contributed by atoms with Gasteiger partial charge < -0.3 is 10.6 Å². The fourth-order valence-electron chi connectivity index (χ4n) is 1.99. The first-order valence-electron chi connectivity index (χ1n) is 7.75. The summed E-state index contributed by atoms with van der Waals surface area (Å²) in [5, 5.41) is 17.7. The number of carbonyl (C=O) groups excluding carboxylic acids is 1. The van der Waals surface area contributed by atoms with Gasteiger partial charge in [0.05, 0.1) is 6.20 Å². The predicted molar refractivity (Wildman–Crippen MR) is 99.2 cm³/mol. The standard InChI is InChI=1S/C14H16N8O3S2/c1-10(23)19-14-16-9-13(26-14)27(24,25)18-7-6-15-11-3-4-12(21-20-11)22-8-2-5-17-22/h2-5,8-9,18H,6-7H2,1H3,(H,15,20)(H,16,19,23). The molecular weight excluding hydrogens is 392 g/mol. The molecule has 0 unspecified atom stereocenters. The van der Waals surface area contributed by atoms with Crippen molar-refractivity contribution in [1.82, 2.24) is 29.7 Å². The highest BCUT2D eigenvalue weighted by atomic mass is 32.2. The monoisotopic (exact) mass is 408 g/mol. The van der Waals surface area contributed by atoms with Gasteiger partial charge >= 0.3 is 0 Å². The molecule has 0 aliphatic carbocycles. The Morgan fingerprint density at radius 3 is 2.78 bits per heavy atom. The number of amides is 1. The minimum atomic E-state index is -3.70. The Morgan fingerprint density at radius 2 is 2.11 bits per heavy atom. The molecule has 0 radical (unpaired) electrons. The van der Waals surface area contributed by atoms with Crippen LogP contribution in [0.1, 0.15) is 6.92 Å². The molecular formula is C14H16N8O3S2. The summed E-state index contributed by atoms with van der Waals surface area (Å²) in [6, 6.07) is 5.25. The lowest BCUT2D eigenvalue weighted by atomic mass is 10.5. The van der Waals surface area contributed by atoms with Crippen LogP contribution < -0.4 is 15.4 Å². The van der Waals surface area contributed by atoms with Gasteiger partial charge in [-0.2, -0.15) is 5.10 Å². The summed E-state index contributed by atoms with van der Waals surface area (Å²) < 4.78 is 28.5. The van der Waals surface area contributed by atoms with Gasteiger partial charge in [-0.25, -0.2) is 22.8 Å². The molecule has 27 heavy (non-hydrogen) atoms. The molecule has 0 spiro atoms. The van der Waals surface area contributed by atoms with Crippen molar-refractivity contribution in [3.63, 3.8) is 0 Å². The number of aromatic nitrogens is 5. The van der Waals surface area contributed by atoms with Crippen LogP contribution in [-0.4, -0.2) is 52.4 Å². The van der Waals surface area contributed by atoms with Crippen molar-refractivity contribution in [3.8, 4) is 5.82 Å². The number of thiazole rings is 1. The lowest BCUT2D eigenvalue weighted by Gasteiger charge is -2.07. The summed E-state index contributed by atoms with van der Waals surface area (Å²) >= 11 is 0.878. The van der Waals surface area contributed by atoms with Crippen molar-refractivity contribution in [1.29, 1.82) is 0 Å². The highest BCUT2D eigenvalue weighted by molar-refractivity contribution is 7.91. The van der Waals surface area contributed by atoms with Crippen LogP contribution in [0.5, 0.6) is 0 Å². The van der Waals surface area contributed by atoms with Crippen molar-refractivity contribution in [2.45, 2.75) is 11.1 Å². The van der Waals surface area contributed by atoms with Gasteiger partial charge in [0.1, 0.15) is 5.82 Å². The van der Waals surface area contributed by atoms with E-state index in [-0.39, 0.29) is 21.8 Å². The number of hydrogen-bond donors (Lipinski definition) is 3. The molecule has 0 saturated heterocycles. The van der Waals surface area contributed by atoms with Gasteiger partial charge in [0.15, 0.2) is 15.2 Å². The van der Waals surface area contributed by atoms with E-state index in [1.807, 2.05) is 0 Å². The first-order chi connectivity index (χ1) is 12.9. The van der Waals surface area contributed by atoms with E-state index in [1.165, 1.54) is 13.1 Å². The van der Waals surface area contributed by atoms with E-state index in [1.54, 1.807) is 35.3 Å². The molecule has 0 atom stereocenters. The highest BCUT2D eigenvalue weighted by Crippen LogP contribution is 2.22. The van der Waals surface area contributed by atoms with E-state index < -0.39 is 10.0 Å². The second-order valence-corrected chi connectivity index (χ2v) is 8.24. The van der Waals surface area contributed by atoms with Crippen LogP contribution in [0.3, 0.4) is 0 Å². The average molecular weight is 408 g/mol. The number of nitrogens with one attached hydrogen (secondary N) is 3. The fraction of sp³-hybridized carbons (Fsp3) is 0.214. The van der Waals surface area contributed by atoms with Crippen LogP contribution in [0, 0.1) is 0 Å². The lowest BCUT2D eigenvalue weighted by Crippen LogP contribution is -2.28. The van der Waals surface area contributed by atoms with Crippen molar-refractivity contribution in [3.05, 3.63) is 36.8 Å². The first-order valence-corrected chi connectivity index (χ1v) is 10.0. The smallest absolute Gasteiger partial charge is 0.251 e. The summed E-state index contributed by atoms with van der Waals surface area (Å²) in [4.78, 5) is 14.8. The van der Waals surface area contributed by atoms with Crippen LogP contribution in [0.4, 0.5) is 10.9 Å². The SMILES string of the molecule is CC(=O)Nc1ncc(S(=O)(=O)NCCNc2ccc(-n3cccn3)nn2)s1. The maximum atomic E-state index is 12.2. The van der Waals surface area contributed by atoms with E-state index in [0.717, 1.165) is 11.3 Å². The average Bonchev–Trinajstić information content (AvgIpc) is 3.31. The zero-order valence-electron chi connectivity index (χ0n) is 14.2. The Bertz CT molecular complexity index is 999. The maximum absolute atomic E-state index is 12.2. The molecule has 11 nitrogen and oxygen atoms in total. The fourth-order valence-corrected chi connectivity index (χ4v) is 4.14. The lowest BCUT2D eigenvalue weighted by molar-refractivity contribution is -0.114. The molecule has 13 heteroatoms. The van der Waals surface area contributed by atoms with Gasteiger partial charge in [0, 0.05) is 32.4 Å². The summed E-state index contributed by atoms with van der Waals surface area (Å²) in [7, 11) is -3.70. The second kappa shape index (κ2) is 8.20. The third kappa shape index (κ3) is 5.06. The summed E-state index contributed by atoms with van der Waals surface area (Å²) in [5.74, 6) is 0.771. The number of hydrogen-bond acceptors (Lipinski definition) is 9. The van der Waals surface area contributed by atoms with Crippen LogP contribution in [0.2, 0.25) is 0 Å². The molecule has 0 aliphatic rings. The van der Waals surface area contributed by atoms with E-state index in [4.69, 9.17) is 0 Å². The summed E-state index contributed by atoms with van der Waals surface area (Å²) in [6.07, 6.45) is 4.59. The minimum Gasteiger partial charge on any atom is -0.367 e. The quantitative estimate of drug-likeness (QED) is 0.456. The molecule has 3 N–H and O–H groups in total. The van der Waals surface area contributed by atoms with Gasteiger partial charge in [0.25, 0.3) is 10.0 Å². The van der Waals surface area contributed by atoms with Gasteiger partial charge in [-0.3, -0.25) is 4.79 Å². The van der Waals surface area contributed by atoms with E-state index in [2.05, 4.69) is 35.6 Å². The third-order valence-corrected chi connectivity index (χ3v) is 5.98. The normalized spacial score (nSPS) is 11.3. The predicted octanol–water partition coefficient (Wildman–Crippen LogP) is 0.468. The third-order valence-electron chi connectivity index (χ3n) is 3.15. The second-order valence-electron chi connectivity index (χ2n) is 5.22. The molecule has 0 saturated carbocycles. The van der Waals surface area contributed by atoms with Gasteiger partial charge in [-0.15, -0.1) is 10.2 Å². The van der Waals surface area contributed by atoms with Crippen molar-refractivity contribution < 1.29 is 13.2 Å². The largest absolute Gasteiger partial charge is 0.367 e. The van der Waals surface area contributed by atoms with Gasteiger partial charge in [-0.05, 0) is 18.2 Å². The summed E-state index contributed by atoms with van der Waals surface area (Å²) in [6.45, 7) is 1.77. The molecule has 3 aromatic rings. The highest BCUT2D eigenvalue weighted by Gasteiger charge is 2.17. The van der Waals surface area contributed by atoms with E-state index >= 15 is 0 Å². The molecule has 0 aromatic carbocycles. The molecule has 3 heterocycles. The Hall–Kier alpha value is -2.90. The molecule has 0 fully saturated rings. The Labute approximate surface area is 158 Å². The van der Waals surface area contributed by atoms with Crippen molar-refractivity contribution >= 4 is 38.2 Å². The number of sulfonamides is 1. The minimum absolute atomic E-state index is 0.0228. The molecule has 0 bridgehead atoms. The van der Waals surface area contributed by atoms with Crippen LogP contribution in [0.25, 0.3) is 5.82 Å². The van der Waals surface area contributed by atoms with Crippen LogP contribution >= 0.6 is 11.3 Å². The zero-order valence-corrected chi connectivity index (χ0v) is 15.8. The van der Waals surface area contributed by atoms with E-state index in [9.17, 15) is 13.2 Å². The van der Waals surface area contributed by atoms with Gasteiger partial charge in [-0.1, -0.05) is 11.3 Å². The first kappa shape index (κ1) is 18.9. The Balaban J connectivity index is 1.49. The number of nitrogens with zero attached hydrogens (tertiary/aromatic N) is 5. The van der Waals surface area contributed by atoms with Crippen molar-refractivity contribution in [2.75, 3.05) is 23.7 Å². The Kier molecular flexibility index (Phi) is 5.73. The molecule has 3 rings (SSSR count). The van der Waals surface area contributed by atoms with Crippen molar-refractivity contribution in [2.24, 2.45) is 0 Å². The van der Waals surface area contributed by atoms with Crippen LogP contribution in [-0.2, 0) is 14.8 Å².